The third kappa shape index (κ3) is 13.6. The quantitative estimate of drug-likeness (QED) is 0.395. The molecule has 0 aromatic carbocycles. The predicted molar refractivity (Wildman–Crippen MR) is 124 cm³/mol. The Balaban J connectivity index is 2.29. The highest BCUT2D eigenvalue weighted by atomic mass is 32.2. The zero-order chi connectivity index (χ0) is 17.7. The molecule has 0 radical (unpaired) electrons. The molecule has 0 amide bonds. The molecule has 0 spiro atoms. The summed E-state index contributed by atoms with van der Waals surface area (Å²) < 4.78 is 0.833. The standard InChI is InChI=1S/C20H40S4/c1-19(2)21-15-11-7-5-9-13-17-23-20(3,4)24-18-14-10-6-8-12-16-22-19/h5-18H2,1-4H3. The van der Waals surface area contributed by atoms with Crippen LogP contribution in [0, 0.1) is 0 Å². The van der Waals surface area contributed by atoms with E-state index in [-0.39, 0.29) is 0 Å². The molecule has 1 rings (SSSR count). The summed E-state index contributed by atoms with van der Waals surface area (Å²) in [5.41, 5.74) is 0. The summed E-state index contributed by atoms with van der Waals surface area (Å²) >= 11 is 8.74. The van der Waals surface area contributed by atoms with Crippen LogP contribution in [0.15, 0.2) is 0 Å². The fraction of sp³-hybridized carbons (Fsp3) is 1.00. The topological polar surface area (TPSA) is 0 Å². The van der Waals surface area contributed by atoms with E-state index in [1.54, 1.807) is 0 Å². The Hall–Kier alpha value is 1.40. The van der Waals surface area contributed by atoms with Gasteiger partial charge in [-0.15, -0.1) is 47.0 Å². The van der Waals surface area contributed by atoms with Crippen LogP contribution in [0.1, 0.15) is 91.9 Å². The van der Waals surface area contributed by atoms with Crippen molar-refractivity contribution in [3.63, 3.8) is 0 Å². The van der Waals surface area contributed by atoms with Crippen LogP contribution >= 0.6 is 47.0 Å². The summed E-state index contributed by atoms with van der Waals surface area (Å²) in [6.45, 7) is 9.68. The second-order valence-corrected chi connectivity index (χ2v) is 15.1. The van der Waals surface area contributed by atoms with Crippen LogP contribution in [0.3, 0.4) is 0 Å². The average molecular weight is 409 g/mol. The van der Waals surface area contributed by atoms with Gasteiger partial charge in [0.05, 0.1) is 8.16 Å². The Kier molecular flexibility index (Phi) is 13.2. The SMILES string of the molecule is CC1(C)SCCCCCCCSC(C)(C)SCCCCCCCS1. The number of rotatable bonds is 0. The molecule has 144 valence electrons. The molecule has 0 aromatic rings. The summed E-state index contributed by atoms with van der Waals surface area (Å²) in [6, 6.07) is 0. The van der Waals surface area contributed by atoms with Crippen molar-refractivity contribution in [1.29, 1.82) is 0 Å². The fourth-order valence-electron chi connectivity index (χ4n) is 2.82. The molecule has 4 heteroatoms. The molecule has 0 unspecified atom stereocenters. The van der Waals surface area contributed by atoms with Crippen LogP contribution in [-0.4, -0.2) is 31.2 Å². The first-order chi connectivity index (χ1) is 11.4. The van der Waals surface area contributed by atoms with Gasteiger partial charge in [-0.1, -0.05) is 38.5 Å². The van der Waals surface area contributed by atoms with Crippen LogP contribution in [0.5, 0.6) is 0 Å². The van der Waals surface area contributed by atoms with E-state index in [4.69, 9.17) is 0 Å². The van der Waals surface area contributed by atoms with Crippen molar-refractivity contribution in [3.8, 4) is 0 Å². The van der Waals surface area contributed by atoms with E-state index in [1.165, 1.54) is 87.2 Å². The van der Waals surface area contributed by atoms with Crippen molar-refractivity contribution >= 4 is 47.0 Å². The van der Waals surface area contributed by atoms with E-state index in [2.05, 4.69) is 74.7 Å². The van der Waals surface area contributed by atoms with Gasteiger partial charge in [0.2, 0.25) is 0 Å². The van der Waals surface area contributed by atoms with Gasteiger partial charge >= 0.3 is 0 Å². The molecule has 0 bridgehead atoms. The van der Waals surface area contributed by atoms with Gasteiger partial charge in [-0.2, -0.15) is 0 Å². The third-order valence-electron chi connectivity index (χ3n) is 4.38. The molecule has 1 fully saturated rings. The van der Waals surface area contributed by atoms with Gasteiger partial charge < -0.3 is 0 Å². The summed E-state index contributed by atoms with van der Waals surface area (Å²) in [5, 5.41) is 0. The highest BCUT2D eigenvalue weighted by Gasteiger charge is 2.19. The van der Waals surface area contributed by atoms with Gasteiger partial charge in [0, 0.05) is 0 Å². The van der Waals surface area contributed by atoms with Crippen molar-refractivity contribution in [1.82, 2.24) is 0 Å². The van der Waals surface area contributed by atoms with E-state index in [0.717, 1.165) is 0 Å². The second-order valence-electron chi connectivity index (χ2n) is 7.73. The first kappa shape index (κ1) is 23.4. The lowest BCUT2D eigenvalue weighted by Gasteiger charge is -2.24. The van der Waals surface area contributed by atoms with E-state index >= 15 is 0 Å². The Morgan fingerprint density at radius 3 is 0.833 bits per heavy atom. The zero-order valence-corrected chi connectivity index (χ0v) is 19.8. The van der Waals surface area contributed by atoms with Gasteiger partial charge in [0.25, 0.3) is 0 Å². The number of thioether (sulfide) groups is 4. The monoisotopic (exact) mass is 408 g/mol. The van der Waals surface area contributed by atoms with Crippen molar-refractivity contribution in [2.45, 2.75) is 100 Å². The minimum Gasteiger partial charge on any atom is -0.145 e. The van der Waals surface area contributed by atoms with E-state index in [0.29, 0.717) is 8.16 Å². The largest absolute Gasteiger partial charge is 0.145 e. The summed E-state index contributed by atoms with van der Waals surface area (Å²) in [5.74, 6) is 5.38. The van der Waals surface area contributed by atoms with Gasteiger partial charge in [0.1, 0.15) is 0 Å². The van der Waals surface area contributed by atoms with E-state index < -0.39 is 0 Å². The molecule has 24 heavy (non-hydrogen) atoms. The molecular formula is C20H40S4. The lowest BCUT2D eigenvalue weighted by atomic mass is 10.2. The molecule has 0 atom stereocenters. The van der Waals surface area contributed by atoms with Crippen LogP contribution in [-0.2, 0) is 0 Å². The summed E-state index contributed by atoms with van der Waals surface area (Å²) in [6.07, 6.45) is 14.2. The minimum atomic E-state index is 0.416. The van der Waals surface area contributed by atoms with Crippen molar-refractivity contribution < 1.29 is 0 Å². The molecular weight excluding hydrogens is 368 g/mol. The number of hydrogen-bond donors (Lipinski definition) is 0. The lowest BCUT2D eigenvalue weighted by Crippen LogP contribution is -2.11. The Labute approximate surface area is 169 Å². The summed E-state index contributed by atoms with van der Waals surface area (Å²) in [7, 11) is 0. The molecule has 1 aliphatic heterocycles. The second kappa shape index (κ2) is 13.6. The first-order valence-electron chi connectivity index (χ1n) is 9.97. The van der Waals surface area contributed by atoms with Gasteiger partial charge in [-0.25, -0.2) is 0 Å². The molecule has 1 aliphatic rings. The van der Waals surface area contributed by atoms with Crippen LogP contribution in [0.25, 0.3) is 0 Å². The van der Waals surface area contributed by atoms with Crippen LogP contribution in [0.4, 0.5) is 0 Å². The highest BCUT2D eigenvalue weighted by molar-refractivity contribution is 8.18. The number of hydrogen-bond acceptors (Lipinski definition) is 4. The van der Waals surface area contributed by atoms with Gasteiger partial charge in [-0.3, -0.25) is 0 Å². The average Bonchev–Trinajstić information content (AvgIpc) is 2.50. The maximum Gasteiger partial charge on any atom is 0.0555 e. The first-order valence-corrected chi connectivity index (χ1v) is 13.9. The Bertz CT molecular complexity index is 248. The van der Waals surface area contributed by atoms with Crippen LogP contribution < -0.4 is 0 Å². The smallest absolute Gasteiger partial charge is 0.0555 e. The van der Waals surface area contributed by atoms with Crippen LogP contribution in [0.2, 0.25) is 0 Å². The lowest BCUT2D eigenvalue weighted by molar-refractivity contribution is 0.659. The van der Waals surface area contributed by atoms with E-state index in [1.807, 2.05) is 0 Å². The molecule has 1 saturated heterocycles. The van der Waals surface area contributed by atoms with Gasteiger partial charge in [0.15, 0.2) is 0 Å². The third-order valence-corrected chi connectivity index (χ3v) is 10.5. The molecule has 0 aromatic heterocycles. The maximum absolute atomic E-state index is 2.42. The molecule has 0 saturated carbocycles. The minimum absolute atomic E-state index is 0.416. The normalized spacial score (nSPS) is 26.5. The van der Waals surface area contributed by atoms with Gasteiger partial charge in [-0.05, 0) is 76.4 Å². The highest BCUT2D eigenvalue weighted by Crippen LogP contribution is 2.39. The maximum atomic E-state index is 2.42. The van der Waals surface area contributed by atoms with Crippen molar-refractivity contribution in [2.75, 3.05) is 23.0 Å². The molecule has 0 nitrogen and oxygen atoms in total. The summed E-state index contributed by atoms with van der Waals surface area (Å²) in [4.78, 5) is 0. The molecule has 0 N–H and O–H groups in total. The zero-order valence-electron chi connectivity index (χ0n) is 16.5. The molecule has 1 heterocycles. The fourth-order valence-corrected chi connectivity index (χ4v) is 7.85. The van der Waals surface area contributed by atoms with Crippen molar-refractivity contribution in [2.24, 2.45) is 0 Å². The Morgan fingerprint density at radius 1 is 0.375 bits per heavy atom. The predicted octanol–water partition coefficient (Wildman–Crippen LogP) is 8.31. The van der Waals surface area contributed by atoms with E-state index in [9.17, 15) is 0 Å². The van der Waals surface area contributed by atoms with Crippen molar-refractivity contribution in [3.05, 3.63) is 0 Å². The Morgan fingerprint density at radius 2 is 0.583 bits per heavy atom. The molecule has 0 aliphatic carbocycles.